The summed E-state index contributed by atoms with van der Waals surface area (Å²) >= 11 is 0. The highest BCUT2D eigenvalue weighted by atomic mass is 16.5. The molecule has 0 bridgehead atoms. The van der Waals surface area contributed by atoms with Crippen molar-refractivity contribution in [1.29, 1.82) is 0 Å². The Bertz CT molecular complexity index is 518. The molecule has 0 amide bonds. The van der Waals surface area contributed by atoms with Crippen LogP contribution in [0.5, 0.6) is 5.75 Å². The zero-order valence-corrected chi connectivity index (χ0v) is 15.8. The SMILES string of the molecule is Cc1cc(C(C)(C)C)ccc1OCC(O)CN(C)CC1CCOC1. The molecule has 24 heavy (non-hydrogen) atoms. The van der Waals surface area contributed by atoms with Crippen LogP contribution in [0.15, 0.2) is 18.2 Å². The van der Waals surface area contributed by atoms with Crippen molar-refractivity contribution in [3.8, 4) is 5.75 Å². The Morgan fingerprint density at radius 3 is 2.71 bits per heavy atom. The molecule has 1 aromatic rings. The molecule has 1 fully saturated rings. The van der Waals surface area contributed by atoms with Crippen molar-refractivity contribution < 1.29 is 14.6 Å². The molecule has 0 aliphatic carbocycles. The fourth-order valence-corrected chi connectivity index (χ4v) is 3.12. The number of aliphatic hydroxyl groups excluding tert-OH is 1. The summed E-state index contributed by atoms with van der Waals surface area (Å²) in [6.45, 7) is 12.3. The van der Waals surface area contributed by atoms with Crippen LogP contribution in [0.2, 0.25) is 0 Å². The minimum Gasteiger partial charge on any atom is -0.491 e. The number of ether oxygens (including phenoxy) is 2. The van der Waals surface area contributed by atoms with E-state index in [1.807, 2.05) is 13.1 Å². The molecule has 0 saturated carbocycles. The van der Waals surface area contributed by atoms with E-state index in [9.17, 15) is 5.11 Å². The van der Waals surface area contributed by atoms with E-state index in [-0.39, 0.29) is 5.41 Å². The summed E-state index contributed by atoms with van der Waals surface area (Å²) in [6, 6.07) is 6.30. The third-order valence-corrected chi connectivity index (χ3v) is 4.59. The lowest BCUT2D eigenvalue weighted by atomic mass is 9.86. The van der Waals surface area contributed by atoms with E-state index in [1.165, 1.54) is 5.56 Å². The molecular formula is C20H33NO3. The summed E-state index contributed by atoms with van der Waals surface area (Å²) in [5, 5.41) is 10.2. The van der Waals surface area contributed by atoms with Crippen molar-refractivity contribution in [2.75, 3.05) is 40.0 Å². The molecule has 4 nitrogen and oxygen atoms in total. The number of aliphatic hydroxyl groups is 1. The van der Waals surface area contributed by atoms with Gasteiger partial charge in [-0.15, -0.1) is 0 Å². The molecule has 2 unspecified atom stereocenters. The van der Waals surface area contributed by atoms with Gasteiger partial charge in [0, 0.05) is 19.7 Å². The lowest BCUT2D eigenvalue weighted by Gasteiger charge is -2.24. The number of likely N-dealkylation sites (N-methyl/N-ethyl adjacent to an activating group) is 1. The molecule has 1 aromatic carbocycles. The first-order chi connectivity index (χ1) is 11.3. The van der Waals surface area contributed by atoms with Crippen molar-refractivity contribution in [3.05, 3.63) is 29.3 Å². The highest BCUT2D eigenvalue weighted by Crippen LogP contribution is 2.27. The second-order valence-electron chi connectivity index (χ2n) is 8.15. The minimum atomic E-state index is -0.487. The maximum absolute atomic E-state index is 10.2. The fourth-order valence-electron chi connectivity index (χ4n) is 3.12. The average Bonchev–Trinajstić information content (AvgIpc) is 2.97. The van der Waals surface area contributed by atoms with Crippen molar-refractivity contribution in [2.45, 2.75) is 45.6 Å². The quantitative estimate of drug-likeness (QED) is 0.832. The first-order valence-electron chi connectivity index (χ1n) is 8.94. The molecule has 2 atom stereocenters. The average molecular weight is 335 g/mol. The van der Waals surface area contributed by atoms with Gasteiger partial charge < -0.3 is 19.5 Å². The number of benzene rings is 1. The Labute approximate surface area is 146 Å². The molecular weight excluding hydrogens is 302 g/mol. The second-order valence-corrected chi connectivity index (χ2v) is 8.15. The van der Waals surface area contributed by atoms with Gasteiger partial charge in [0.05, 0.1) is 6.61 Å². The van der Waals surface area contributed by atoms with Crippen molar-refractivity contribution in [1.82, 2.24) is 4.90 Å². The number of hydrogen-bond acceptors (Lipinski definition) is 4. The number of hydrogen-bond donors (Lipinski definition) is 1. The third-order valence-electron chi connectivity index (χ3n) is 4.59. The molecule has 1 heterocycles. The smallest absolute Gasteiger partial charge is 0.122 e. The molecule has 136 valence electrons. The van der Waals surface area contributed by atoms with Gasteiger partial charge in [0.1, 0.15) is 18.5 Å². The lowest BCUT2D eigenvalue weighted by Crippen LogP contribution is -2.36. The van der Waals surface area contributed by atoms with Crippen LogP contribution in [-0.4, -0.2) is 56.1 Å². The van der Waals surface area contributed by atoms with Gasteiger partial charge in [-0.1, -0.05) is 32.9 Å². The third kappa shape index (κ3) is 5.76. The molecule has 1 saturated heterocycles. The molecule has 4 heteroatoms. The van der Waals surface area contributed by atoms with Gasteiger partial charge in [0.25, 0.3) is 0 Å². The number of nitrogens with zero attached hydrogens (tertiary/aromatic N) is 1. The van der Waals surface area contributed by atoms with E-state index >= 15 is 0 Å². The summed E-state index contributed by atoms with van der Waals surface area (Å²) in [6.07, 6.45) is 0.634. The van der Waals surface area contributed by atoms with E-state index in [0.29, 0.717) is 19.1 Å². The molecule has 1 aliphatic heterocycles. The highest BCUT2D eigenvalue weighted by molar-refractivity contribution is 5.38. The molecule has 1 aliphatic rings. The van der Waals surface area contributed by atoms with Crippen molar-refractivity contribution in [2.24, 2.45) is 5.92 Å². The molecule has 1 N–H and O–H groups in total. The van der Waals surface area contributed by atoms with E-state index in [2.05, 4.69) is 44.7 Å². The first-order valence-corrected chi connectivity index (χ1v) is 8.94. The van der Waals surface area contributed by atoms with Crippen molar-refractivity contribution in [3.63, 3.8) is 0 Å². The predicted octanol–water partition coefficient (Wildman–Crippen LogP) is 3.00. The number of rotatable bonds is 7. The largest absolute Gasteiger partial charge is 0.491 e. The van der Waals surface area contributed by atoms with Crippen LogP contribution in [-0.2, 0) is 10.2 Å². The molecule has 0 aromatic heterocycles. The van der Waals surface area contributed by atoms with Crippen LogP contribution in [0, 0.1) is 12.8 Å². The Kier molecular flexibility index (Phi) is 6.67. The monoisotopic (exact) mass is 335 g/mol. The van der Waals surface area contributed by atoms with Crippen LogP contribution in [0.3, 0.4) is 0 Å². The Balaban J connectivity index is 1.79. The summed E-state index contributed by atoms with van der Waals surface area (Å²) < 4.78 is 11.2. The zero-order chi connectivity index (χ0) is 17.7. The van der Waals surface area contributed by atoms with Crippen LogP contribution in [0.4, 0.5) is 0 Å². The van der Waals surface area contributed by atoms with Gasteiger partial charge in [-0.3, -0.25) is 0 Å². The van der Waals surface area contributed by atoms with Gasteiger partial charge in [-0.2, -0.15) is 0 Å². The normalized spacial score (nSPS) is 19.7. The second kappa shape index (κ2) is 8.32. The maximum Gasteiger partial charge on any atom is 0.122 e. The van der Waals surface area contributed by atoms with Crippen LogP contribution in [0.25, 0.3) is 0 Å². The number of aryl methyl sites for hydroxylation is 1. The van der Waals surface area contributed by atoms with Gasteiger partial charge in [0.2, 0.25) is 0 Å². The molecule has 0 spiro atoms. The Morgan fingerprint density at radius 1 is 1.38 bits per heavy atom. The first kappa shape index (κ1) is 19.2. The predicted molar refractivity (Wildman–Crippen MR) is 97.8 cm³/mol. The van der Waals surface area contributed by atoms with Gasteiger partial charge in [0.15, 0.2) is 0 Å². The Hall–Kier alpha value is -1.10. The van der Waals surface area contributed by atoms with Gasteiger partial charge >= 0.3 is 0 Å². The van der Waals surface area contributed by atoms with E-state index in [0.717, 1.165) is 37.5 Å². The van der Waals surface area contributed by atoms with E-state index in [4.69, 9.17) is 9.47 Å². The lowest BCUT2D eigenvalue weighted by molar-refractivity contribution is 0.0703. The van der Waals surface area contributed by atoms with E-state index < -0.39 is 6.10 Å². The highest BCUT2D eigenvalue weighted by Gasteiger charge is 2.19. The van der Waals surface area contributed by atoms with Gasteiger partial charge in [-0.05, 0) is 48.9 Å². The summed E-state index contributed by atoms with van der Waals surface area (Å²) in [7, 11) is 2.05. The van der Waals surface area contributed by atoms with Crippen molar-refractivity contribution >= 4 is 0 Å². The van der Waals surface area contributed by atoms with Gasteiger partial charge in [-0.25, -0.2) is 0 Å². The summed E-state index contributed by atoms with van der Waals surface area (Å²) in [5.41, 5.74) is 2.55. The van der Waals surface area contributed by atoms with Crippen LogP contribution < -0.4 is 4.74 Å². The van der Waals surface area contributed by atoms with Crippen LogP contribution in [0.1, 0.15) is 38.3 Å². The maximum atomic E-state index is 10.2. The minimum absolute atomic E-state index is 0.134. The molecule has 0 radical (unpaired) electrons. The topological polar surface area (TPSA) is 41.9 Å². The fraction of sp³-hybridized carbons (Fsp3) is 0.700. The van der Waals surface area contributed by atoms with E-state index in [1.54, 1.807) is 0 Å². The summed E-state index contributed by atoms with van der Waals surface area (Å²) in [4.78, 5) is 2.17. The zero-order valence-electron chi connectivity index (χ0n) is 15.8. The van der Waals surface area contributed by atoms with Crippen LogP contribution >= 0.6 is 0 Å². The Morgan fingerprint density at radius 2 is 2.12 bits per heavy atom. The molecule has 2 rings (SSSR count). The standard InChI is InChI=1S/C20H33NO3/c1-15-10-17(20(2,3)4)6-7-19(15)24-14-18(22)12-21(5)11-16-8-9-23-13-16/h6-7,10,16,18,22H,8-9,11-14H2,1-5H3. The summed E-state index contributed by atoms with van der Waals surface area (Å²) in [5.74, 6) is 1.45.